The monoisotopic (exact) mass is 475 g/mol. The Morgan fingerprint density at radius 2 is 1.76 bits per heavy atom. The molecule has 3 heterocycles. The number of anilines is 1. The van der Waals surface area contributed by atoms with Crippen LogP contribution in [0.4, 0.5) is 5.00 Å². The van der Waals surface area contributed by atoms with Gasteiger partial charge in [0.25, 0.3) is 5.91 Å². The van der Waals surface area contributed by atoms with Gasteiger partial charge in [0.15, 0.2) is 5.78 Å². The number of ketones is 1. The number of rotatable bonds is 5. The Bertz CT molecular complexity index is 1320. The lowest BCUT2D eigenvalue weighted by Crippen LogP contribution is -2.35. The molecule has 4 aromatic rings. The van der Waals surface area contributed by atoms with Gasteiger partial charge in [-0.1, -0.05) is 24.3 Å². The van der Waals surface area contributed by atoms with E-state index in [0.717, 1.165) is 45.3 Å². The van der Waals surface area contributed by atoms with Crippen molar-refractivity contribution in [3.05, 3.63) is 70.1 Å². The predicted molar refractivity (Wildman–Crippen MR) is 137 cm³/mol. The average molecular weight is 476 g/mol. The first-order valence-electron chi connectivity index (χ1n) is 11.1. The third-order valence-corrected chi connectivity index (χ3v) is 8.29. The van der Waals surface area contributed by atoms with Crippen LogP contribution in [0.15, 0.2) is 48.5 Å². The van der Waals surface area contributed by atoms with Crippen molar-refractivity contribution in [3.8, 4) is 10.6 Å². The molecule has 2 aromatic carbocycles. The second kappa shape index (κ2) is 8.82. The molecule has 168 valence electrons. The van der Waals surface area contributed by atoms with Gasteiger partial charge in [0, 0.05) is 40.7 Å². The van der Waals surface area contributed by atoms with E-state index in [0.29, 0.717) is 17.2 Å². The summed E-state index contributed by atoms with van der Waals surface area (Å²) in [5, 5.41) is 4.97. The molecule has 0 bridgehead atoms. The highest BCUT2D eigenvalue weighted by atomic mass is 32.1. The highest BCUT2D eigenvalue weighted by molar-refractivity contribution is 7.23. The molecule has 0 aliphatic carbocycles. The van der Waals surface area contributed by atoms with Crippen molar-refractivity contribution >= 4 is 49.6 Å². The summed E-state index contributed by atoms with van der Waals surface area (Å²) in [4.78, 5) is 33.4. The maximum Gasteiger partial charge on any atom is 0.256 e. The van der Waals surface area contributed by atoms with E-state index < -0.39 is 0 Å². The molecular formula is C26H25N3O2S2. The van der Waals surface area contributed by atoms with Gasteiger partial charge in [0.05, 0.1) is 10.2 Å². The Balaban J connectivity index is 1.54. The first kappa shape index (κ1) is 21.9. The van der Waals surface area contributed by atoms with Crippen LogP contribution < -0.4 is 5.32 Å². The number of para-hydroxylation sites is 1. The Hall–Kier alpha value is -2.87. The van der Waals surface area contributed by atoms with Gasteiger partial charge in [-0.3, -0.25) is 14.5 Å². The summed E-state index contributed by atoms with van der Waals surface area (Å²) in [6, 6.07) is 15.4. The second-order valence-electron chi connectivity index (χ2n) is 8.60. The number of thiophene rings is 1. The zero-order valence-corrected chi connectivity index (χ0v) is 20.5. The fourth-order valence-electron chi connectivity index (χ4n) is 4.19. The average Bonchev–Trinajstić information content (AvgIpc) is 3.38. The summed E-state index contributed by atoms with van der Waals surface area (Å²) in [7, 11) is 0. The number of hydrogen-bond donors (Lipinski definition) is 1. The van der Waals surface area contributed by atoms with Crippen molar-refractivity contribution in [1.82, 2.24) is 9.88 Å². The number of nitrogens with zero attached hydrogens (tertiary/aromatic N) is 2. The third-order valence-electron chi connectivity index (χ3n) is 6.11. The Kier molecular flexibility index (Phi) is 5.86. The molecule has 1 N–H and O–H groups in total. The molecule has 0 saturated heterocycles. The van der Waals surface area contributed by atoms with Crippen LogP contribution in [0.2, 0.25) is 0 Å². The van der Waals surface area contributed by atoms with Gasteiger partial charge in [0.1, 0.15) is 10.0 Å². The SMILES string of the molecule is CC(=O)c1ccc(C(=O)Nc2sc3c(c2-c2nc4ccccc4s2)CCN(C(C)C)C3)cc1. The zero-order chi connectivity index (χ0) is 23.1. The number of nitrogens with one attached hydrogen (secondary N) is 1. The fourth-order valence-corrected chi connectivity index (χ4v) is 6.57. The lowest BCUT2D eigenvalue weighted by Gasteiger charge is -2.30. The topological polar surface area (TPSA) is 62.3 Å². The van der Waals surface area contributed by atoms with Gasteiger partial charge >= 0.3 is 0 Å². The fraction of sp³-hybridized carbons (Fsp3) is 0.269. The lowest BCUT2D eigenvalue weighted by atomic mass is 10.0. The number of carbonyl (C=O) groups excluding carboxylic acids is 2. The summed E-state index contributed by atoms with van der Waals surface area (Å²) in [6.07, 6.45) is 0.943. The summed E-state index contributed by atoms with van der Waals surface area (Å²) < 4.78 is 1.14. The predicted octanol–water partition coefficient (Wildman–Crippen LogP) is 6.25. The van der Waals surface area contributed by atoms with E-state index in [1.165, 1.54) is 17.4 Å². The number of carbonyl (C=O) groups is 2. The molecule has 0 saturated carbocycles. The minimum absolute atomic E-state index is 0.0132. The highest BCUT2D eigenvalue weighted by Crippen LogP contribution is 2.46. The summed E-state index contributed by atoms with van der Waals surface area (Å²) in [6.45, 7) is 7.86. The van der Waals surface area contributed by atoms with E-state index in [4.69, 9.17) is 4.98 Å². The van der Waals surface area contributed by atoms with Crippen molar-refractivity contribution in [2.45, 2.75) is 39.8 Å². The van der Waals surface area contributed by atoms with Crippen molar-refractivity contribution in [2.24, 2.45) is 0 Å². The van der Waals surface area contributed by atoms with Crippen LogP contribution in [0.5, 0.6) is 0 Å². The molecule has 0 spiro atoms. The van der Waals surface area contributed by atoms with Gasteiger partial charge < -0.3 is 5.32 Å². The summed E-state index contributed by atoms with van der Waals surface area (Å²) in [5.41, 5.74) is 4.48. The number of aromatic nitrogens is 1. The Morgan fingerprint density at radius 1 is 1.03 bits per heavy atom. The van der Waals surface area contributed by atoms with Crippen LogP contribution in [0, 0.1) is 0 Å². The molecule has 5 nitrogen and oxygen atoms in total. The third kappa shape index (κ3) is 4.24. The normalized spacial score (nSPS) is 13.9. The van der Waals surface area contributed by atoms with E-state index >= 15 is 0 Å². The summed E-state index contributed by atoms with van der Waals surface area (Å²) in [5.74, 6) is -0.188. The molecule has 1 amide bonds. The number of thiazole rings is 1. The molecule has 7 heteroatoms. The first-order valence-corrected chi connectivity index (χ1v) is 12.7. The van der Waals surface area contributed by atoms with E-state index in [2.05, 4.69) is 30.1 Å². The molecule has 0 fully saturated rings. The van der Waals surface area contributed by atoms with Crippen LogP contribution in [0.3, 0.4) is 0 Å². The van der Waals surface area contributed by atoms with Gasteiger partial charge in [-0.15, -0.1) is 22.7 Å². The van der Waals surface area contributed by atoms with Crippen LogP contribution in [-0.2, 0) is 13.0 Å². The maximum absolute atomic E-state index is 13.1. The van der Waals surface area contributed by atoms with Crippen LogP contribution in [0.25, 0.3) is 20.8 Å². The van der Waals surface area contributed by atoms with Crippen LogP contribution in [0.1, 0.15) is 51.9 Å². The largest absolute Gasteiger partial charge is 0.313 e. The van der Waals surface area contributed by atoms with E-state index in [1.54, 1.807) is 46.9 Å². The Morgan fingerprint density at radius 3 is 2.45 bits per heavy atom. The van der Waals surface area contributed by atoms with Gasteiger partial charge in [0.2, 0.25) is 0 Å². The quantitative estimate of drug-likeness (QED) is 0.347. The van der Waals surface area contributed by atoms with Crippen molar-refractivity contribution < 1.29 is 9.59 Å². The van der Waals surface area contributed by atoms with Crippen molar-refractivity contribution in [2.75, 3.05) is 11.9 Å². The zero-order valence-electron chi connectivity index (χ0n) is 18.8. The van der Waals surface area contributed by atoms with Crippen LogP contribution >= 0.6 is 22.7 Å². The van der Waals surface area contributed by atoms with Gasteiger partial charge in [-0.05, 0) is 57.0 Å². The minimum atomic E-state index is -0.174. The molecule has 0 radical (unpaired) electrons. The minimum Gasteiger partial charge on any atom is -0.313 e. The molecule has 2 aromatic heterocycles. The van der Waals surface area contributed by atoms with E-state index in [9.17, 15) is 9.59 Å². The molecule has 0 unspecified atom stereocenters. The molecule has 33 heavy (non-hydrogen) atoms. The molecule has 0 atom stereocenters. The smallest absolute Gasteiger partial charge is 0.256 e. The maximum atomic E-state index is 13.1. The Labute approximate surface area is 201 Å². The molecular weight excluding hydrogens is 450 g/mol. The van der Waals surface area contributed by atoms with Crippen LogP contribution in [-0.4, -0.2) is 34.2 Å². The number of amides is 1. The van der Waals surface area contributed by atoms with E-state index in [-0.39, 0.29) is 11.7 Å². The first-order chi connectivity index (χ1) is 15.9. The molecule has 1 aliphatic rings. The highest BCUT2D eigenvalue weighted by Gasteiger charge is 2.28. The second-order valence-corrected chi connectivity index (χ2v) is 10.7. The number of Topliss-reactive ketones (excluding diaryl/α,β-unsaturated/α-hetero) is 1. The van der Waals surface area contributed by atoms with Gasteiger partial charge in [-0.25, -0.2) is 4.98 Å². The number of benzene rings is 2. The number of fused-ring (bicyclic) bond motifs is 2. The van der Waals surface area contributed by atoms with Crippen molar-refractivity contribution in [3.63, 3.8) is 0 Å². The standard InChI is InChI=1S/C26H25N3O2S2/c1-15(2)29-13-12-19-22(14-29)33-26(23(19)25-27-20-6-4-5-7-21(20)32-25)28-24(31)18-10-8-17(9-11-18)16(3)30/h4-11,15H,12-14H2,1-3H3,(H,28,31). The van der Waals surface area contributed by atoms with Crippen molar-refractivity contribution in [1.29, 1.82) is 0 Å². The summed E-state index contributed by atoms with van der Waals surface area (Å²) >= 11 is 3.33. The molecule has 1 aliphatic heterocycles. The number of hydrogen-bond acceptors (Lipinski definition) is 6. The van der Waals surface area contributed by atoms with Gasteiger partial charge in [-0.2, -0.15) is 0 Å². The molecule has 5 rings (SSSR count). The lowest BCUT2D eigenvalue weighted by molar-refractivity contribution is 0.101. The van der Waals surface area contributed by atoms with E-state index in [1.807, 2.05) is 18.2 Å².